The molecule has 7 heteroatoms. The van der Waals surface area contributed by atoms with Crippen LogP contribution in [0.2, 0.25) is 0 Å². The molecule has 0 aliphatic carbocycles. The molecule has 0 amide bonds. The molecule has 0 radical (unpaired) electrons. The number of nitrogens with zero attached hydrogens (tertiary/aromatic N) is 2. The molecule has 1 aromatic rings. The Morgan fingerprint density at radius 2 is 1.92 bits per heavy atom. The summed E-state index contributed by atoms with van der Waals surface area (Å²) in [5, 5.41) is 0. The zero-order valence-corrected chi connectivity index (χ0v) is 15.9. The van der Waals surface area contributed by atoms with E-state index in [0.29, 0.717) is 43.1 Å². The van der Waals surface area contributed by atoms with E-state index in [1.54, 1.807) is 28.6 Å². The SMILES string of the molecule is CCOCCOc1ccc(S(=O)(=O)N2CC3CCCN3CC2C)cc1. The van der Waals surface area contributed by atoms with Crippen molar-refractivity contribution in [2.75, 3.05) is 39.5 Å². The molecule has 6 nitrogen and oxygen atoms in total. The van der Waals surface area contributed by atoms with Crippen LogP contribution in [0.5, 0.6) is 5.75 Å². The molecular weight excluding hydrogens is 340 g/mol. The molecule has 0 spiro atoms. The third-order valence-corrected chi connectivity index (χ3v) is 7.01. The maximum absolute atomic E-state index is 13.0. The molecule has 0 aromatic heterocycles. The summed E-state index contributed by atoms with van der Waals surface area (Å²) in [6, 6.07) is 7.08. The first-order chi connectivity index (χ1) is 12.0. The fourth-order valence-electron chi connectivity index (χ4n) is 3.70. The van der Waals surface area contributed by atoms with Gasteiger partial charge in [0.2, 0.25) is 10.0 Å². The monoisotopic (exact) mass is 368 g/mol. The Labute approximate surface area is 150 Å². The molecule has 2 unspecified atom stereocenters. The fraction of sp³-hybridized carbons (Fsp3) is 0.667. The Balaban J connectivity index is 1.67. The zero-order chi connectivity index (χ0) is 17.9. The molecular formula is C18H28N2O4S. The van der Waals surface area contributed by atoms with Gasteiger partial charge in [-0.25, -0.2) is 8.42 Å². The van der Waals surface area contributed by atoms with Gasteiger partial charge in [-0.15, -0.1) is 0 Å². The average Bonchev–Trinajstić information content (AvgIpc) is 3.05. The molecule has 140 valence electrons. The Hall–Kier alpha value is -1.15. The zero-order valence-electron chi connectivity index (χ0n) is 15.1. The summed E-state index contributed by atoms with van der Waals surface area (Å²) < 4.78 is 38.5. The van der Waals surface area contributed by atoms with Crippen molar-refractivity contribution in [1.82, 2.24) is 9.21 Å². The van der Waals surface area contributed by atoms with Crippen LogP contribution in [0, 0.1) is 0 Å². The quantitative estimate of drug-likeness (QED) is 0.689. The predicted molar refractivity (Wildman–Crippen MR) is 96.4 cm³/mol. The Morgan fingerprint density at radius 3 is 2.64 bits per heavy atom. The molecule has 2 atom stereocenters. The van der Waals surface area contributed by atoms with E-state index in [9.17, 15) is 8.42 Å². The first-order valence-electron chi connectivity index (χ1n) is 9.09. The standard InChI is InChI=1S/C18H28N2O4S/c1-3-23-11-12-24-17-6-8-18(9-7-17)25(21,22)20-14-16-5-4-10-19(16)13-15(20)2/h6-9,15-16H,3-5,10-14H2,1-2H3. The molecule has 25 heavy (non-hydrogen) atoms. The van der Waals surface area contributed by atoms with Crippen LogP contribution >= 0.6 is 0 Å². The van der Waals surface area contributed by atoms with Crippen molar-refractivity contribution in [3.8, 4) is 5.75 Å². The van der Waals surface area contributed by atoms with Gasteiger partial charge < -0.3 is 9.47 Å². The maximum atomic E-state index is 13.0. The summed E-state index contributed by atoms with van der Waals surface area (Å²) in [5.41, 5.74) is 0. The third kappa shape index (κ3) is 4.16. The van der Waals surface area contributed by atoms with E-state index >= 15 is 0 Å². The highest BCUT2D eigenvalue weighted by Crippen LogP contribution is 2.29. The van der Waals surface area contributed by atoms with Crippen LogP contribution in [-0.2, 0) is 14.8 Å². The molecule has 2 aliphatic heterocycles. The normalized spacial score (nSPS) is 25.0. The molecule has 2 fully saturated rings. The molecule has 0 N–H and O–H groups in total. The lowest BCUT2D eigenvalue weighted by molar-refractivity contribution is 0.110. The van der Waals surface area contributed by atoms with Crippen molar-refractivity contribution >= 4 is 10.0 Å². The van der Waals surface area contributed by atoms with Gasteiger partial charge in [0.25, 0.3) is 0 Å². The number of piperazine rings is 1. The van der Waals surface area contributed by atoms with Crippen molar-refractivity contribution in [1.29, 1.82) is 0 Å². The number of sulfonamides is 1. The third-order valence-electron chi connectivity index (χ3n) is 5.01. The van der Waals surface area contributed by atoms with Gasteiger partial charge in [0.05, 0.1) is 11.5 Å². The summed E-state index contributed by atoms with van der Waals surface area (Å²) >= 11 is 0. The van der Waals surface area contributed by atoms with Crippen molar-refractivity contribution in [2.45, 2.75) is 43.7 Å². The van der Waals surface area contributed by atoms with E-state index in [1.807, 2.05) is 13.8 Å². The van der Waals surface area contributed by atoms with Crippen LogP contribution in [-0.4, -0.2) is 69.2 Å². The molecule has 0 bridgehead atoms. The second-order valence-electron chi connectivity index (χ2n) is 6.73. The van der Waals surface area contributed by atoms with E-state index in [2.05, 4.69) is 4.90 Å². The van der Waals surface area contributed by atoms with Crippen LogP contribution in [0.1, 0.15) is 26.7 Å². The van der Waals surface area contributed by atoms with Crippen LogP contribution in [0.4, 0.5) is 0 Å². The lowest BCUT2D eigenvalue weighted by Gasteiger charge is -2.41. The molecule has 0 saturated carbocycles. The first-order valence-corrected chi connectivity index (χ1v) is 10.5. The molecule has 2 aliphatic rings. The summed E-state index contributed by atoms with van der Waals surface area (Å²) in [6.45, 7) is 8.09. The summed E-state index contributed by atoms with van der Waals surface area (Å²) in [4.78, 5) is 2.76. The van der Waals surface area contributed by atoms with Crippen LogP contribution in [0.3, 0.4) is 0 Å². The van der Waals surface area contributed by atoms with Crippen LogP contribution in [0.15, 0.2) is 29.2 Å². The number of ether oxygens (including phenoxy) is 2. The van der Waals surface area contributed by atoms with E-state index in [-0.39, 0.29) is 6.04 Å². The number of benzene rings is 1. The maximum Gasteiger partial charge on any atom is 0.243 e. The summed E-state index contributed by atoms with van der Waals surface area (Å²) in [6.07, 6.45) is 2.25. The largest absolute Gasteiger partial charge is 0.491 e. The minimum absolute atomic E-state index is 0.00136. The minimum Gasteiger partial charge on any atom is -0.491 e. The second-order valence-corrected chi connectivity index (χ2v) is 8.62. The number of hydrogen-bond donors (Lipinski definition) is 0. The van der Waals surface area contributed by atoms with Gasteiger partial charge in [-0.2, -0.15) is 4.31 Å². The minimum atomic E-state index is -3.47. The highest BCUT2D eigenvalue weighted by molar-refractivity contribution is 7.89. The van der Waals surface area contributed by atoms with Crippen molar-refractivity contribution in [2.24, 2.45) is 0 Å². The van der Waals surface area contributed by atoms with Crippen molar-refractivity contribution in [3.63, 3.8) is 0 Å². The van der Waals surface area contributed by atoms with E-state index < -0.39 is 10.0 Å². The second kappa shape index (κ2) is 8.03. The molecule has 2 saturated heterocycles. The predicted octanol–water partition coefficient (Wildman–Crippen LogP) is 1.96. The van der Waals surface area contributed by atoms with Gasteiger partial charge in [-0.3, -0.25) is 4.90 Å². The summed E-state index contributed by atoms with van der Waals surface area (Å²) in [5.74, 6) is 0.660. The lowest BCUT2D eigenvalue weighted by atomic mass is 10.1. The van der Waals surface area contributed by atoms with Gasteiger partial charge in [0.1, 0.15) is 12.4 Å². The Kier molecular flexibility index (Phi) is 5.99. The fourth-order valence-corrected chi connectivity index (χ4v) is 5.36. The van der Waals surface area contributed by atoms with E-state index in [4.69, 9.17) is 9.47 Å². The smallest absolute Gasteiger partial charge is 0.243 e. The van der Waals surface area contributed by atoms with Gasteiger partial charge in [0.15, 0.2) is 0 Å². The molecule has 1 aromatic carbocycles. The van der Waals surface area contributed by atoms with Crippen LogP contribution in [0.25, 0.3) is 0 Å². The van der Waals surface area contributed by atoms with Gasteiger partial charge in [-0.05, 0) is 57.5 Å². The number of hydrogen-bond acceptors (Lipinski definition) is 5. The van der Waals surface area contributed by atoms with Crippen molar-refractivity contribution < 1.29 is 17.9 Å². The van der Waals surface area contributed by atoms with Gasteiger partial charge in [0, 0.05) is 31.8 Å². The first kappa shape index (κ1) is 18.6. The molecule has 2 heterocycles. The highest BCUT2D eigenvalue weighted by atomic mass is 32.2. The number of fused-ring (bicyclic) bond motifs is 1. The van der Waals surface area contributed by atoms with Gasteiger partial charge in [-0.1, -0.05) is 0 Å². The Bertz CT molecular complexity index is 662. The lowest BCUT2D eigenvalue weighted by Crippen LogP contribution is -2.56. The highest BCUT2D eigenvalue weighted by Gasteiger charge is 2.40. The Morgan fingerprint density at radius 1 is 1.16 bits per heavy atom. The number of rotatable bonds is 7. The molecule has 3 rings (SSSR count). The van der Waals surface area contributed by atoms with Gasteiger partial charge >= 0.3 is 0 Å². The van der Waals surface area contributed by atoms with Crippen LogP contribution < -0.4 is 4.74 Å². The topological polar surface area (TPSA) is 59.1 Å². The van der Waals surface area contributed by atoms with E-state index in [1.165, 1.54) is 6.42 Å². The average molecular weight is 368 g/mol. The van der Waals surface area contributed by atoms with Crippen molar-refractivity contribution in [3.05, 3.63) is 24.3 Å². The summed E-state index contributed by atoms with van der Waals surface area (Å²) in [7, 11) is -3.47. The van der Waals surface area contributed by atoms with E-state index in [0.717, 1.165) is 19.5 Å².